The van der Waals surface area contributed by atoms with Gasteiger partial charge in [0, 0.05) is 6.07 Å². The number of benzene rings is 2. The first-order chi connectivity index (χ1) is 8.06. The number of hydrogen-bond donors (Lipinski definition) is 1. The fourth-order valence-corrected chi connectivity index (χ4v) is 1.77. The van der Waals surface area contributed by atoms with Crippen LogP contribution in [0.3, 0.4) is 0 Å². The summed E-state index contributed by atoms with van der Waals surface area (Å²) in [6, 6.07) is 10.2. The molecule has 0 amide bonds. The van der Waals surface area contributed by atoms with Crippen molar-refractivity contribution in [2.75, 3.05) is 0 Å². The molecule has 88 valence electrons. The molecule has 2 aromatic rings. The first kappa shape index (κ1) is 11.7. The van der Waals surface area contributed by atoms with E-state index in [4.69, 9.17) is 0 Å². The second-order valence-electron chi connectivity index (χ2n) is 4.02. The Labute approximate surface area is 98.3 Å². The highest BCUT2D eigenvalue weighted by Crippen LogP contribution is 2.23. The molecule has 1 N–H and O–H groups in total. The summed E-state index contributed by atoms with van der Waals surface area (Å²) in [5.41, 5.74) is 1.82. The van der Waals surface area contributed by atoms with E-state index >= 15 is 0 Å². The van der Waals surface area contributed by atoms with Gasteiger partial charge in [0.2, 0.25) is 0 Å². The average molecular weight is 234 g/mol. The molecule has 0 spiro atoms. The second-order valence-corrected chi connectivity index (χ2v) is 4.02. The van der Waals surface area contributed by atoms with Crippen molar-refractivity contribution in [1.29, 1.82) is 0 Å². The summed E-state index contributed by atoms with van der Waals surface area (Å²) in [7, 11) is 0. The number of aliphatic hydroxyl groups excluding tert-OH is 1. The summed E-state index contributed by atoms with van der Waals surface area (Å²) in [5.74, 6) is -1.38. The third-order valence-electron chi connectivity index (χ3n) is 2.56. The van der Waals surface area contributed by atoms with Crippen LogP contribution in [0, 0.1) is 18.6 Å². The molecule has 0 bridgehead atoms. The van der Waals surface area contributed by atoms with Crippen molar-refractivity contribution >= 4 is 0 Å². The molecule has 0 saturated heterocycles. The van der Waals surface area contributed by atoms with Gasteiger partial charge in [-0.25, -0.2) is 8.78 Å². The van der Waals surface area contributed by atoms with E-state index in [1.165, 1.54) is 0 Å². The quantitative estimate of drug-likeness (QED) is 0.844. The van der Waals surface area contributed by atoms with Crippen LogP contribution in [0.1, 0.15) is 22.8 Å². The molecule has 3 heteroatoms. The zero-order valence-electron chi connectivity index (χ0n) is 9.32. The topological polar surface area (TPSA) is 20.2 Å². The molecule has 0 aromatic heterocycles. The molecule has 0 aliphatic carbocycles. The van der Waals surface area contributed by atoms with Crippen molar-refractivity contribution in [2.45, 2.75) is 13.0 Å². The van der Waals surface area contributed by atoms with Gasteiger partial charge in [0.25, 0.3) is 0 Å². The fraction of sp³-hybridized carbons (Fsp3) is 0.143. The monoisotopic (exact) mass is 234 g/mol. The van der Waals surface area contributed by atoms with Crippen LogP contribution in [0.15, 0.2) is 42.5 Å². The van der Waals surface area contributed by atoms with Gasteiger partial charge in [-0.1, -0.05) is 29.8 Å². The van der Waals surface area contributed by atoms with E-state index in [2.05, 4.69) is 0 Å². The van der Waals surface area contributed by atoms with Gasteiger partial charge in [-0.15, -0.1) is 0 Å². The van der Waals surface area contributed by atoms with Crippen molar-refractivity contribution < 1.29 is 13.9 Å². The summed E-state index contributed by atoms with van der Waals surface area (Å²) in [6.45, 7) is 1.89. The van der Waals surface area contributed by atoms with Gasteiger partial charge in [-0.3, -0.25) is 0 Å². The van der Waals surface area contributed by atoms with Gasteiger partial charge >= 0.3 is 0 Å². The Kier molecular flexibility index (Phi) is 3.20. The lowest BCUT2D eigenvalue weighted by Gasteiger charge is -2.12. The van der Waals surface area contributed by atoms with E-state index in [9.17, 15) is 13.9 Å². The van der Waals surface area contributed by atoms with E-state index in [-0.39, 0.29) is 5.56 Å². The summed E-state index contributed by atoms with van der Waals surface area (Å²) < 4.78 is 26.1. The van der Waals surface area contributed by atoms with Crippen molar-refractivity contribution in [1.82, 2.24) is 0 Å². The molecule has 1 nitrogen and oxygen atoms in total. The first-order valence-electron chi connectivity index (χ1n) is 5.27. The molecule has 0 saturated carbocycles. The zero-order valence-corrected chi connectivity index (χ0v) is 9.32. The molecule has 17 heavy (non-hydrogen) atoms. The van der Waals surface area contributed by atoms with Gasteiger partial charge in [0.15, 0.2) is 0 Å². The van der Waals surface area contributed by atoms with Crippen molar-refractivity contribution in [3.63, 3.8) is 0 Å². The lowest BCUT2D eigenvalue weighted by molar-refractivity contribution is 0.219. The van der Waals surface area contributed by atoms with Crippen molar-refractivity contribution in [3.8, 4) is 0 Å². The molecule has 2 rings (SSSR count). The minimum atomic E-state index is -1.01. The van der Waals surface area contributed by atoms with Crippen LogP contribution in [0.5, 0.6) is 0 Å². The van der Waals surface area contributed by atoms with E-state index in [0.29, 0.717) is 5.56 Å². The maximum atomic E-state index is 13.0. The number of hydrogen-bond acceptors (Lipinski definition) is 1. The lowest BCUT2D eigenvalue weighted by atomic mass is 10.00. The lowest BCUT2D eigenvalue weighted by Crippen LogP contribution is -2.01. The minimum Gasteiger partial charge on any atom is -0.384 e. The van der Waals surface area contributed by atoms with Crippen LogP contribution in [0.4, 0.5) is 8.78 Å². The molecule has 0 aliphatic rings. The number of rotatable bonds is 2. The number of aryl methyl sites for hydroxylation is 1. The average Bonchev–Trinajstić information content (AvgIpc) is 2.26. The summed E-state index contributed by atoms with van der Waals surface area (Å²) >= 11 is 0. The highest BCUT2D eigenvalue weighted by molar-refractivity contribution is 5.32. The van der Waals surface area contributed by atoms with E-state index in [0.717, 1.165) is 23.8 Å². The van der Waals surface area contributed by atoms with Crippen LogP contribution in [0.25, 0.3) is 0 Å². The van der Waals surface area contributed by atoms with Gasteiger partial charge < -0.3 is 5.11 Å². The SMILES string of the molecule is Cc1cccc(C(O)c2cc(F)cc(F)c2)c1. The Bertz CT molecular complexity index is 517. The second kappa shape index (κ2) is 4.63. The van der Waals surface area contributed by atoms with Crippen LogP contribution >= 0.6 is 0 Å². The van der Waals surface area contributed by atoms with E-state index in [1.54, 1.807) is 18.2 Å². The van der Waals surface area contributed by atoms with E-state index in [1.807, 2.05) is 13.0 Å². The standard InChI is InChI=1S/C14H12F2O/c1-9-3-2-4-10(5-9)14(17)11-6-12(15)8-13(16)7-11/h2-8,14,17H,1H3. The normalized spacial score (nSPS) is 12.5. The first-order valence-corrected chi connectivity index (χ1v) is 5.27. The van der Waals surface area contributed by atoms with Crippen LogP contribution < -0.4 is 0 Å². The molecule has 1 unspecified atom stereocenters. The fourth-order valence-electron chi connectivity index (χ4n) is 1.77. The Hall–Kier alpha value is -1.74. The largest absolute Gasteiger partial charge is 0.384 e. The molecular weight excluding hydrogens is 222 g/mol. The third kappa shape index (κ3) is 2.68. The Morgan fingerprint density at radius 3 is 2.18 bits per heavy atom. The predicted octanol–water partition coefficient (Wildman–Crippen LogP) is 3.35. The Morgan fingerprint density at radius 2 is 1.59 bits per heavy atom. The van der Waals surface area contributed by atoms with Crippen molar-refractivity contribution in [2.24, 2.45) is 0 Å². The molecule has 0 fully saturated rings. The van der Waals surface area contributed by atoms with Gasteiger partial charge in [0.1, 0.15) is 17.7 Å². The Morgan fingerprint density at radius 1 is 0.941 bits per heavy atom. The molecule has 1 atom stereocenters. The van der Waals surface area contributed by atoms with Crippen molar-refractivity contribution in [3.05, 3.63) is 70.8 Å². The third-order valence-corrected chi connectivity index (χ3v) is 2.56. The molecular formula is C14H12F2O. The molecule has 2 aromatic carbocycles. The maximum Gasteiger partial charge on any atom is 0.126 e. The molecule has 0 aliphatic heterocycles. The van der Waals surface area contributed by atoms with E-state index < -0.39 is 17.7 Å². The minimum absolute atomic E-state index is 0.216. The van der Waals surface area contributed by atoms with Gasteiger partial charge in [0.05, 0.1) is 0 Å². The summed E-state index contributed by atoms with van der Waals surface area (Å²) in [6.07, 6.45) is -1.01. The Balaban J connectivity index is 2.39. The molecule has 0 heterocycles. The summed E-state index contributed by atoms with van der Waals surface area (Å²) in [4.78, 5) is 0. The highest BCUT2D eigenvalue weighted by Gasteiger charge is 2.12. The smallest absolute Gasteiger partial charge is 0.126 e. The highest BCUT2D eigenvalue weighted by atomic mass is 19.1. The van der Waals surface area contributed by atoms with Crippen LogP contribution in [0.2, 0.25) is 0 Å². The summed E-state index contributed by atoms with van der Waals surface area (Å²) in [5, 5.41) is 10.0. The van der Waals surface area contributed by atoms with Crippen LogP contribution in [-0.2, 0) is 0 Å². The number of aliphatic hydroxyl groups is 1. The van der Waals surface area contributed by atoms with Crippen LogP contribution in [-0.4, -0.2) is 5.11 Å². The predicted molar refractivity (Wildman–Crippen MR) is 61.6 cm³/mol. The zero-order chi connectivity index (χ0) is 12.4. The van der Waals surface area contributed by atoms with Gasteiger partial charge in [-0.2, -0.15) is 0 Å². The van der Waals surface area contributed by atoms with Gasteiger partial charge in [-0.05, 0) is 30.2 Å². The maximum absolute atomic E-state index is 13.0. The molecule has 0 radical (unpaired) electrons. The number of halogens is 2.